The summed E-state index contributed by atoms with van der Waals surface area (Å²) in [6.45, 7) is 3.41. The summed E-state index contributed by atoms with van der Waals surface area (Å²) in [4.78, 5) is 0.784. The van der Waals surface area contributed by atoms with Crippen LogP contribution in [0.5, 0.6) is 0 Å². The summed E-state index contributed by atoms with van der Waals surface area (Å²) >= 11 is 0. The van der Waals surface area contributed by atoms with Crippen LogP contribution in [0.2, 0.25) is 0 Å². The maximum Gasteiger partial charge on any atom is 0.0622 e. The SMILES string of the molecule is Cc1ccc(N)c(S(=O)C2CCOCC2)c1. The highest BCUT2D eigenvalue weighted by molar-refractivity contribution is 7.85. The summed E-state index contributed by atoms with van der Waals surface area (Å²) in [5.74, 6) is 0. The summed E-state index contributed by atoms with van der Waals surface area (Å²) in [5.41, 5.74) is 7.61. The second kappa shape index (κ2) is 4.97. The van der Waals surface area contributed by atoms with Gasteiger partial charge in [0.1, 0.15) is 0 Å². The Balaban J connectivity index is 2.22. The molecule has 1 aromatic carbocycles. The van der Waals surface area contributed by atoms with Crippen molar-refractivity contribution >= 4 is 16.5 Å². The number of aryl methyl sites for hydroxylation is 1. The van der Waals surface area contributed by atoms with Crippen LogP contribution in [0.4, 0.5) is 5.69 Å². The summed E-state index contributed by atoms with van der Waals surface area (Å²) in [7, 11) is -0.997. The normalized spacial score (nSPS) is 19.6. The van der Waals surface area contributed by atoms with Gasteiger partial charge in [-0.15, -0.1) is 0 Å². The molecule has 88 valence electrons. The highest BCUT2D eigenvalue weighted by Gasteiger charge is 2.22. The first-order chi connectivity index (χ1) is 7.68. The van der Waals surface area contributed by atoms with Crippen LogP contribution in [-0.2, 0) is 15.5 Å². The van der Waals surface area contributed by atoms with Crippen molar-refractivity contribution in [3.8, 4) is 0 Å². The molecule has 0 radical (unpaired) electrons. The first kappa shape index (κ1) is 11.6. The van der Waals surface area contributed by atoms with E-state index >= 15 is 0 Å². The van der Waals surface area contributed by atoms with Crippen LogP contribution in [0.15, 0.2) is 23.1 Å². The van der Waals surface area contributed by atoms with Crippen molar-refractivity contribution in [2.45, 2.75) is 29.9 Å². The van der Waals surface area contributed by atoms with Gasteiger partial charge >= 0.3 is 0 Å². The molecule has 1 atom stereocenters. The predicted molar refractivity (Wildman–Crippen MR) is 65.8 cm³/mol. The van der Waals surface area contributed by atoms with Crippen LogP contribution in [0.1, 0.15) is 18.4 Å². The summed E-state index contributed by atoms with van der Waals surface area (Å²) in [6, 6.07) is 5.71. The second-order valence-electron chi connectivity index (χ2n) is 4.15. The molecule has 2 rings (SSSR count). The standard InChI is InChI=1S/C12H17NO2S/c1-9-2-3-11(13)12(8-9)16(14)10-4-6-15-7-5-10/h2-3,8,10H,4-7,13H2,1H3. The van der Waals surface area contributed by atoms with Crippen LogP contribution < -0.4 is 5.73 Å². The molecule has 0 saturated carbocycles. The summed E-state index contributed by atoms with van der Waals surface area (Å²) in [5, 5.41) is 0.192. The molecule has 1 aliphatic rings. The molecule has 3 nitrogen and oxygen atoms in total. The molecule has 1 saturated heterocycles. The topological polar surface area (TPSA) is 52.3 Å². The first-order valence-corrected chi connectivity index (χ1v) is 6.74. The van der Waals surface area contributed by atoms with E-state index in [1.165, 1.54) is 0 Å². The van der Waals surface area contributed by atoms with E-state index in [9.17, 15) is 4.21 Å². The largest absolute Gasteiger partial charge is 0.398 e. The Morgan fingerprint density at radius 1 is 1.38 bits per heavy atom. The zero-order valence-electron chi connectivity index (χ0n) is 9.44. The van der Waals surface area contributed by atoms with Crippen molar-refractivity contribution in [1.82, 2.24) is 0 Å². The van der Waals surface area contributed by atoms with E-state index in [-0.39, 0.29) is 5.25 Å². The molecule has 1 fully saturated rings. The van der Waals surface area contributed by atoms with Gasteiger partial charge in [-0.05, 0) is 37.5 Å². The molecular weight excluding hydrogens is 222 g/mol. The fraction of sp³-hybridized carbons (Fsp3) is 0.500. The lowest BCUT2D eigenvalue weighted by molar-refractivity contribution is 0.0992. The third-order valence-corrected chi connectivity index (χ3v) is 4.72. The number of benzene rings is 1. The number of nitrogens with two attached hydrogens (primary N) is 1. The fourth-order valence-electron chi connectivity index (χ4n) is 1.89. The lowest BCUT2D eigenvalue weighted by Gasteiger charge is -2.22. The zero-order valence-corrected chi connectivity index (χ0v) is 10.3. The second-order valence-corrected chi connectivity index (χ2v) is 5.85. The Morgan fingerprint density at radius 3 is 2.75 bits per heavy atom. The van der Waals surface area contributed by atoms with Crippen LogP contribution in [0, 0.1) is 6.92 Å². The Morgan fingerprint density at radius 2 is 2.06 bits per heavy atom. The van der Waals surface area contributed by atoms with Gasteiger partial charge in [-0.1, -0.05) is 6.07 Å². The van der Waals surface area contributed by atoms with Crippen molar-refractivity contribution in [3.63, 3.8) is 0 Å². The first-order valence-electron chi connectivity index (χ1n) is 5.53. The molecule has 16 heavy (non-hydrogen) atoms. The predicted octanol–water partition coefficient (Wildman–Crippen LogP) is 1.86. The van der Waals surface area contributed by atoms with Gasteiger partial charge in [-0.3, -0.25) is 4.21 Å². The average Bonchev–Trinajstić information content (AvgIpc) is 2.32. The van der Waals surface area contributed by atoms with Gasteiger partial charge in [-0.25, -0.2) is 0 Å². The molecule has 0 aromatic heterocycles. The van der Waals surface area contributed by atoms with Crippen LogP contribution in [-0.4, -0.2) is 22.7 Å². The van der Waals surface area contributed by atoms with Gasteiger partial charge in [-0.2, -0.15) is 0 Å². The van der Waals surface area contributed by atoms with E-state index in [2.05, 4.69) is 0 Å². The van der Waals surface area contributed by atoms with Crippen molar-refractivity contribution in [2.24, 2.45) is 0 Å². The van der Waals surface area contributed by atoms with Gasteiger partial charge in [0, 0.05) is 24.2 Å². The van der Waals surface area contributed by atoms with Crippen molar-refractivity contribution < 1.29 is 8.95 Å². The smallest absolute Gasteiger partial charge is 0.0622 e. The molecule has 0 amide bonds. The maximum atomic E-state index is 12.3. The Kier molecular flexibility index (Phi) is 3.61. The number of hydrogen-bond acceptors (Lipinski definition) is 3. The molecule has 4 heteroatoms. The van der Waals surface area contributed by atoms with Crippen LogP contribution in [0.3, 0.4) is 0 Å². The van der Waals surface area contributed by atoms with Gasteiger partial charge in [0.25, 0.3) is 0 Å². The van der Waals surface area contributed by atoms with Crippen molar-refractivity contribution in [3.05, 3.63) is 23.8 Å². The van der Waals surface area contributed by atoms with Gasteiger partial charge in [0.05, 0.1) is 15.7 Å². The van der Waals surface area contributed by atoms with Crippen LogP contribution in [0.25, 0.3) is 0 Å². The highest BCUT2D eigenvalue weighted by Crippen LogP contribution is 2.24. The maximum absolute atomic E-state index is 12.3. The zero-order chi connectivity index (χ0) is 11.5. The number of anilines is 1. The number of ether oxygens (including phenoxy) is 1. The van der Waals surface area contributed by atoms with E-state index in [4.69, 9.17) is 10.5 Å². The van der Waals surface area contributed by atoms with E-state index in [0.717, 1.165) is 23.3 Å². The molecule has 0 bridgehead atoms. The highest BCUT2D eigenvalue weighted by atomic mass is 32.2. The van der Waals surface area contributed by atoms with Crippen molar-refractivity contribution in [2.75, 3.05) is 18.9 Å². The third kappa shape index (κ3) is 2.44. The van der Waals surface area contributed by atoms with E-state index in [0.29, 0.717) is 18.9 Å². The minimum atomic E-state index is -0.997. The number of nitrogen functional groups attached to an aromatic ring is 1. The molecular formula is C12H17NO2S. The van der Waals surface area contributed by atoms with Gasteiger partial charge in [0.2, 0.25) is 0 Å². The molecule has 1 unspecified atom stereocenters. The average molecular weight is 239 g/mol. The van der Waals surface area contributed by atoms with E-state index < -0.39 is 10.8 Å². The summed E-state index contributed by atoms with van der Waals surface area (Å²) < 4.78 is 17.6. The number of hydrogen-bond donors (Lipinski definition) is 1. The molecule has 1 aliphatic heterocycles. The number of rotatable bonds is 2. The minimum Gasteiger partial charge on any atom is -0.398 e. The van der Waals surface area contributed by atoms with E-state index in [1.807, 2.05) is 25.1 Å². The molecule has 1 heterocycles. The molecule has 0 aliphatic carbocycles. The lowest BCUT2D eigenvalue weighted by atomic mass is 10.2. The Hall–Kier alpha value is -0.870. The van der Waals surface area contributed by atoms with Crippen molar-refractivity contribution in [1.29, 1.82) is 0 Å². The Labute approximate surface area is 98.4 Å². The lowest BCUT2D eigenvalue weighted by Crippen LogP contribution is -2.25. The Bertz CT molecular complexity index is 400. The molecule has 2 N–H and O–H groups in total. The van der Waals surface area contributed by atoms with Gasteiger partial charge in [0.15, 0.2) is 0 Å². The molecule has 0 spiro atoms. The monoisotopic (exact) mass is 239 g/mol. The molecule has 1 aromatic rings. The van der Waals surface area contributed by atoms with Gasteiger partial charge < -0.3 is 10.5 Å². The summed E-state index contributed by atoms with van der Waals surface area (Å²) in [6.07, 6.45) is 1.72. The van der Waals surface area contributed by atoms with Crippen LogP contribution >= 0.6 is 0 Å². The third-order valence-electron chi connectivity index (χ3n) is 2.86. The quantitative estimate of drug-likeness (QED) is 0.801. The van der Waals surface area contributed by atoms with E-state index in [1.54, 1.807) is 0 Å². The fourth-order valence-corrected chi connectivity index (χ4v) is 3.47. The minimum absolute atomic E-state index is 0.192.